The lowest BCUT2D eigenvalue weighted by atomic mass is 9.89. The lowest BCUT2D eigenvalue weighted by Crippen LogP contribution is -2.07. The maximum absolute atomic E-state index is 9.28. The summed E-state index contributed by atoms with van der Waals surface area (Å²) in [6.45, 7) is 9.97. The smallest absolute Gasteiger partial charge is 0.178 e. The van der Waals surface area contributed by atoms with Gasteiger partial charge in [-0.1, -0.05) is 0 Å². The van der Waals surface area contributed by atoms with E-state index in [0.717, 1.165) is 22.3 Å². The molecule has 0 heterocycles. The Morgan fingerprint density at radius 3 is 1.21 bits per heavy atom. The van der Waals surface area contributed by atoms with Crippen LogP contribution in [0.1, 0.15) is 39.7 Å². The fraction of sp³-hybridized carbons (Fsp3) is 0.500. The average Bonchev–Trinajstić information content (AvgIpc) is 2.11. The lowest BCUT2D eigenvalue weighted by Gasteiger charge is -2.19. The molecule has 1 aromatic rings. The minimum Gasteiger partial charge on any atom is -0.364 e. The van der Waals surface area contributed by atoms with Gasteiger partial charge in [-0.15, -0.1) is 0 Å². The lowest BCUT2D eigenvalue weighted by molar-refractivity contribution is -0.0434. The first kappa shape index (κ1) is 11.2. The summed E-state index contributed by atoms with van der Waals surface area (Å²) in [5, 5.41) is 18.6. The van der Waals surface area contributed by atoms with Crippen LogP contribution >= 0.6 is 0 Å². The summed E-state index contributed by atoms with van der Waals surface area (Å²) in [6, 6.07) is 0. The molecular formula is C12H18O2. The quantitative estimate of drug-likeness (QED) is 0.673. The van der Waals surface area contributed by atoms with Crippen LogP contribution in [0.3, 0.4) is 0 Å². The molecular weight excluding hydrogens is 176 g/mol. The van der Waals surface area contributed by atoms with Crippen molar-refractivity contribution in [2.45, 2.75) is 40.9 Å². The summed E-state index contributed by atoms with van der Waals surface area (Å²) in [7, 11) is 0. The van der Waals surface area contributed by atoms with Crippen LogP contribution in [0.15, 0.2) is 0 Å². The Morgan fingerprint density at radius 1 is 0.643 bits per heavy atom. The van der Waals surface area contributed by atoms with Crippen LogP contribution in [0, 0.1) is 34.6 Å². The van der Waals surface area contributed by atoms with E-state index in [1.54, 1.807) is 0 Å². The normalized spacial score (nSPS) is 11.1. The van der Waals surface area contributed by atoms with E-state index in [1.807, 2.05) is 27.7 Å². The van der Waals surface area contributed by atoms with Gasteiger partial charge in [-0.25, -0.2) is 0 Å². The molecule has 1 aromatic carbocycles. The molecule has 0 atom stereocenters. The Kier molecular flexibility index (Phi) is 2.98. The number of aliphatic hydroxyl groups is 2. The molecule has 78 valence electrons. The summed E-state index contributed by atoms with van der Waals surface area (Å²) in [4.78, 5) is 0. The minimum absolute atomic E-state index is 0.658. The highest BCUT2D eigenvalue weighted by atomic mass is 16.5. The number of hydrogen-bond donors (Lipinski definition) is 2. The first-order valence-electron chi connectivity index (χ1n) is 4.81. The molecule has 2 N–H and O–H groups in total. The summed E-state index contributed by atoms with van der Waals surface area (Å²) in [5.41, 5.74) is 6.17. The van der Waals surface area contributed by atoms with Crippen molar-refractivity contribution < 1.29 is 10.2 Å². The molecule has 0 fully saturated rings. The van der Waals surface area contributed by atoms with Crippen LogP contribution in [0.5, 0.6) is 0 Å². The van der Waals surface area contributed by atoms with E-state index in [2.05, 4.69) is 6.92 Å². The summed E-state index contributed by atoms with van der Waals surface area (Å²) in [6.07, 6.45) is -1.37. The molecule has 0 spiro atoms. The van der Waals surface area contributed by atoms with Crippen molar-refractivity contribution in [3.63, 3.8) is 0 Å². The third-order valence-corrected chi connectivity index (χ3v) is 3.32. The third kappa shape index (κ3) is 1.56. The van der Waals surface area contributed by atoms with Crippen molar-refractivity contribution in [1.82, 2.24) is 0 Å². The molecule has 0 saturated heterocycles. The van der Waals surface area contributed by atoms with E-state index >= 15 is 0 Å². The van der Waals surface area contributed by atoms with Crippen LogP contribution < -0.4 is 0 Å². The summed E-state index contributed by atoms with van der Waals surface area (Å²) >= 11 is 0. The highest BCUT2D eigenvalue weighted by molar-refractivity contribution is 5.49. The standard InChI is InChI=1S/C12H18O2/c1-6-7(2)9(4)11(12(13)14)10(5)8(6)3/h12-14H,1-5H3. The fourth-order valence-electron chi connectivity index (χ4n) is 1.92. The van der Waals surface area contributed by atoms with E-state index in [0.29, 0.717) is 5.56 Å². The Labute approximate surface area is 85.2 Å². The Hall–Kier alpha value is -0.860. The summed E-state index contributed by atoms with van der Waals surface area (Å²) in [5.74, 6) is 0. The third-order valence-electron chi connectivity index (χ3n) is 3.32. The monoisotopic (exact) mass is 194 g/mol. The maximum Gasteiger partial charge on any atom is 0.178 e. The molecule has 0 aromatic heterocycles. The summed E-state index contributed by atoms with van der Waals surface area (Å²) < 4.78 is 0. The second-order valence-corrected chi connectivity index (χ2v) is 3.91. The van der Waals surface area contributed by atoms with Crippen LogP contribution in [-0.2, 0) is 0 Å². The zero-order valence-electron chi connectivity index (χ0n) is 9.47. The molecule has 2 nitrogen and oxygen atoms in total. The predicted molar refractivity (Wildman–Crippen MR) is 57.3 cm³/mol. The Morgan fingerprint density at radius 2 is 0.929 bits per heavy atom. The molecule has 0 aliphatic rings. The minimum atomic E-state index is -1.37. The molecule has 2 heteroatoms. The van der Waals surface area contributed by atoms with Crippen molar-refractivity contribution in [2.75, 3.05) is 0 Å². The predicted octanol–water partition coefficient (Wildman–Crippen LogP) is 2.21. The van der Waals surface area contributed by atoms with Gasteiger partial charge in [0, 0.05) is 5.56 Å². The second kappa shape index (κ2) is 3.71. The number of benzene rings is 1. The van der Waals surface area contributed by atoms with Gasteiger partial charge >= 0.3 is 0 Å². The van der Waals surface area contributed by atoms with E-state index in [1.165, 1.54) is 5.56 Å². The Balaban J connectivity index is 3.60. The van der Waals surface area contributed by atoms with Gasteiger partial charge in [0.05, 0.1) is 0 Å². The van der Waals surface area contributed by atoms with Gasteiger partial charge in [0.25, 0.3) is 0 Å². The molecule has 1 rings (SSSR count). The zero-order valence-corrected chi connectivity index (χ0v) is 9.47. The number of rotatable bonds is 1. The van der Waals surface area contributed by atoms with Gasteiger partial charge in [0.2, 0.25) is 0 Å². The van der Waals surface area contributed by atoms with E-state index < -0.39 is 6.29 Å². The molecule has 14 heavy (non-hydrogen) atoms. The van der Waals surface area contributed by atoms with Crippen molar-refractivity contribution in [1.29, 1.82) is 0 Å². The molecule has 0 aliphatic carbocycles. The molecule has 0 bridgehead atoms. The first-order valence-corrected chi connectivity index (χ1v) is 4.81. The second-order valence-electron chi connectivity index (χ2n) is 3.91. The number of hydrogen-bond acceptors (Lipinski definition) is 2. The molecule has 0 radical (unpaired) electrons. The van der Waals surface area contributed by atoms with Gasteiger partial charge < -0.3 is 10.2 Å². The number of aliphatic hydroxyl groups excluding tert-OH is 1. The van der Waals surface area contributed by atoms with Gasteiger partial charge in [0.1, 0.15) is 0 Å². The fourth-order valence-corrected chi connectivity index (χ4v) is 1.92. The van der Waals surface area contributed by atoms with E-state index in [4.69, 9.17) is 0 Å². The molecule has 0 unspecified atom stereocenters. The van der Waals surface area contributed by atoms with Crippen LogP contribution in [0.25, 0.3) is 0 Å². The maximum atomic E-state index is 9.28. The zero-order chi connectivity index (χ0) is 11.0. The highest BCUT2D eigenvalue weighted by Gasteiger charge is 2.16. The van der Waals surface area contributed by atoms with Crippen molar-refractivity contribution in [3.8, 4) is 0 Å². The van der Waals surface area contributed by atoms with Gasteiger partial charge in [0.15, 0.2) is 6.29 Å². The Bertz CT molecular complexity index is 336. The first-order chi connectivity index (χ1) is 6.37. The van der Waals surface area contributed by atoms with E-state index in [-0.39, 0.29) is 0 Å². The average molecular weight is 194 g/mol. The van der Waals surface area contributed by atoms with Crippen molar-refractivity contribution in [3.05, 3.63) is 33.4 Å². The van der Waals surface area contributed by atoms with Crippen molar-refractivity contribution in [2.24, 2.45) is 0 Å². The molecule has 0 saturated carbocycles. The molecule has 0 amide bonds. The van der Waals surface area contributed by atoms with E-state index in [9.17, 15) is 10.2 Å². The van der Waals surface area contributed by atoms with Gasteiger partial charge in [-0.2, -0.15) is 0 Å². The topological polar surface area (TPSA) is 40.5 Å². The SMILES string of the molecule is Cc1c(C)c(C)c(C(O)O)c(C)c1C. The van der Waals surface area contributed by atoms with Crippen molar-refractivity contribution >= 4 is 0 Å². The van der Waals surface area contributed by atoms with Crippen LogP contribution in [0.4, 0.5) is 0 Å². The van der Waals surface area contributed by atoms with Gasteiger partial charge in [-0.3, -0.25) is 0 Å². The van der Waals surface area contributed by atoms with Crippen LogP contribution in [0.2, 0.25) is 0 Å². The highest BCUT2D eigenvalue weighted by Crippen LogP contribution is 2.29. The molecule has 0 aliphatic heterocycles. The van der Waals surface area contributed by atoms with Gasteiger partial charge in [-0.05, 0) is 62.4 Å². The van der Waals surface area contributed by atoms with Crippen LogP contribution in [-0.4, -0.2) is 10.2 Å². The largest absolute Gasteiger partial charge is 0.364 e.